The lowest BCUT2D eigenvalue weighted by atomic mass is 9.79. The highest BCUT2D eigenvalue weighted by molar-refractivity contribution is 5.84. The molecule has 0 aliphatic heterocycles. The third-order valence-corrected chi connectivity index (χ3v) is 2.67. The molecule has 0 heterocycles. The molecule has 2 N–H and O–H groups in total. The van der Waals surface area contributed by atoms with E-state index in [1.807, 2.05) is 0 Å². The molecule has 0 aromatic rings. The maximum atomic E-state index is 11.3. The van der Waals surface area contributed by atoms with E-state index in [9.17, 15) is 9.59 Å². The first kappa shape index (κ1) is 10.0. The summed E-state index contributed by atoms with van der Waals surface area (Å²) in [7, 11) is 1.55. The summed E-state index contributed by atoms with van der Waals surface area (Å²) in [6, 6.07) is 0. The predicted octanol–water partition coefficient (Wildman–Crippen LogP) is 0.623. The molecule has 1 amide bonds. The van der Waals surface area contributed by atoms with Crippen LogP contribution in [0.5, 0.6) is 0 Å². The molecule has 1 fully saturated rings. The van der Waals surface area contributed by atoms with E-state index in [4.69, 9.17) is 5.11 Å². The monoisotopic (exact) mass is 185 g/mol. The molecule has 1 rings (SSSR count). The van der Waals surface area contributed by atoms with Crippen LogP contribution in [0.3, 0.4) is 0 Å². The number of carboxylic acids is 1. The molecule has 0 aromatic carbocycles. The number of carbonyl (C=O) groups is 2. The molecule has 74 valence electrons. The molecule has 4 heteroatoms. The van der Waals surface area contributed by atoms with Crippen molar-refractivity contribution >= 4 is 11.9 Å². The van der Waals surface area contributed by atoms with Crippen molar-refractivity contribution in [3.63, 3.8) is 0 Å². The fourth-order valence-electron chi connectivity index (χ4n) is 1.93. The fraction of sp³-hybridized carbons (Fsp3) is 0.778. The van der Waals surface area contributed by atoms with Gasteiger partial charge in [0, 0.05) is 7.05 Å². The smallest absolute Gasteiger partial charge is 0.307 e. The van der Waals surface area contributed by atoms with Crippen LogP contribution in [-0.2, 0) is 9.59 Å². The first-order valence-electron chi connectivity index (χ1n) is 4.61. The van der Waals surface area contributed by atoms with Gasteiger partial charge in [0.05, 0.1) is 11.8 Å². The molecule has 0 aromatic heterocycles. The Bertz CT molecular complexity index is 215. The van der Waals surface area contributed by atoms with Crippen LogP contribution >= 0.6 is 0 Å². The Hall–Kier alpha value is -1.06. The highest BCUT2D eigenvalue weighted by Gasteiger charge is 2.34. The second-order valence-corrected chi connectivity index (χ2v) is 3.45. The number of aliphatic carboxylic acids is 1. The number of hydrogen-bond donors (Lipinski definition) is 2. The van der Waals surface area contributed by atoms with Gasteiger partial charge in [-0.2, -0.15) is 0 Å². The minimum absolute atomic E-state index is 0.132. The van der Waals surface area contributed by atoms with Crippen LogP contribution in [0.2, 0.25) is 0 Å². The minimum atomic E-state index is -0.840. The molecule has 1 aliphatic rings. The Kier molecular flexibility index (Phi) is 3.28. The summed E-state index contributed by atoms with van der Waals surface area (Å²) < 4.78 is 0. The van der Waals surface area contributed by atoms with Crippen LogP contribution < -0.4 is 5.32 Å². The zero-order chi connectivity index (χ0) is 9.84. The second-order valence-electron chi connectivity index (χ2n) is 3.45. The maximum Gasteiger partial charge on any atom is 0.307 e. The first-order chi connectivity index (χ1) is 6.16. The molecular weight excluding hydrogens is 170 g/mol. The molecule has 0 bridgehead atoms. The average Bonchev–Trinajstić information content (AvgIpc) is 2.16. The lowest BCUT2D eigenvalue weighted by Gasteiger charge is -2.26. The van der Waals surface area contributed by atoms with Gasteiger partial charge >= 0.3 is 5.97 Å². The Morgan fingerprint density at radius 1 is 1.23 bits per heavy atom. The van der Waals surface area contributed by atoms with E-state index >= 15 is 0 Å². The van der Waals surface area contributed by atoms with E-state index in [-0.39, 0.29) is 11.8 Å². The van der Waals surface area contributed by atoms with Crippen molar-refractivity contribution in [3.05, 3.63) is 0 Å². The topological polar surface area (TPSA) is 66.4 Å². The van der Waals surface area contributed by atoms with Crippen molar-refractivity contribution in [2.75, 3.05) is 7.05 Å². The van der Waals surface area contributed by atoms with Crippen LogP contribution in [0.15, 0.2) is 0 Å². The number of rotatable bonds is 2. The lowest BCUT2D eigenvalue weighted by molar-refractivity contribution is -0.148. The van der Waals surface area contributed by atoms with Crippen molar-refractivity contribution < 1.29 is 14.7 Å². The van der Waals surface area contributed by atoms with E-state index in [1.54, 1.807) is 7.05 Å². The van der Waals surface area contributed by atoms with E-state index < -0.39 is 11.9 Å². The largest absolute Gasteiger partial charge is 0.481 e. The molecule has 1 aliphatic carbocycles. The van der Waals surface area contributed by atoms with Gasteiger partial charge in [-0.1, -0.05) is 12.8 Å². The van der Waals surface area contributed by atoms with Gasteiger partial charge < -0.3 is 10.4 Å². The van der Waals surface area contributed by atoms with Gasteiger partial charge in [-0.05, 0) is 12.8 Å². The van der Waals surface area contributed by atoms with Crippen LogP contribution in [0.4, 0.5) is 0 Å². The Morgan fingerprint density at radius 3 is 2.23 bits per heavy atom. The summed E-state index contributed by atoms with van der Waals surface area (Å²) in [5.74, 6) is -1.77. The fourth-order valence-corrected chi connectivity index (χ4v) is 1.93. The first-order valence-corrected chi connectivity index (χ1v) is 4.61. The number of carbonyl (C=O) groups excluding carboxylic acids is 1. The number of nitrogens with one attached hydrogen (secondary N) is 1. The third-order valence-electron chi connectivity index (χ3n) is 2.67. The SMILES string of the molecule is CNC(=O)[C@@H]1CCCC[C@H]1C(=O)O. The minimum Gasteiger partial charge on any atom is -0.481 e. The molecule has 1 saturated carbocycles. The van der Waals surface area contributed by atoms with Gasteiger partial charge in [-0.15, -0.1) is 0 Å². The van der Waals surface area contributed by atoms with Crippen molar-refractivity contribution in [3.8, 4) is 0 Å². The summed E-state index contributed by atoms with van der Waals surface area (Å²) in [6.45, 7) is 0. The van der Waals surface area contributed by atoms with Crippen LogP contribution in [0, 0.1) is 11.8 Å². The zero-order valence-electron chi connectivity index (χ0n) is 7.75. The summed E-state index contributed by atoms with van der Waals surface area (Å²) in [6.07, 6.45) is 3.22. The van der Waals surface area contributed by atoms with Gasteiger partial charge in [-0.3, -0.25) is 9.59 Å². The van der Waals surface area contributed by atoms with Crippen molar-refractivity contribution in [1.29, 1.82) is 0 Å². The number of carboxylic acid groups (broad SMARTS) is 1. The van der Waals surface area contributed by atoms with Crippen LogP contribution in [-0.4, -0.2) is 24.0 Å². The average molecular weight is 185 g/mol. The molecule has 0 saturated heterocycles. The van der Waals surface area contributed by atoms with Crippen molar-refractivity contribution in [2.24, 2.45) is 11.8 Å². The molecule has 0 spiro atoms. The second kappa shape index (κ2) is 4.25. The standard InChI is InChI=1S/C9H15NO3/c1-10-8(11)6-4-2-3-5-7(6)9(12)13/h6-7H,2-5H2,1H3,(H,10,11)(H,12,13)/t6-,7-/m1/s1. The van der Waals surface area contributed by atoms with Crippen LogP contribution in [0.25, 0.3) is 0 Å². The molecule has 0 unspecified atom stereocenters. The maximum absolute atomic E-state index is 11.3. The third kappa shape index (κ3) is 2.20. The Balaban J connectivity index is 2.67. The molecule has 0 radical (unpaired) electrons. The van der Waals surface area contributed by atoms with Gasteiger partial charge in [-0.25, -0.2) is 0 Å². The molecule has 2 atom stereocenters. The summed E-state index contributed by atoms with van der Waals surface area (Å²) in [5, 5.41) is 11.4. The number of hydrogen-bond acceptors (Lipinski definition) is 2. The van der Waals surface area contributed by atoms with E-state index in [1.165, 1.54) is 0 Å². The van der Waals surface area contributed by atoms with Gasteiger partial charge in [0.15, 0.2) is 0 Å². The van der Waals surface area contributed by atoms with E-state index in [0.717, 1.165) is 12.8 Å². The summed E-state index contributed by atoms with van der Waals surface area (Å²) in [4.78, 5) is 22.1. The lowest BCUT2D eigenvalue weighted by Crippen LogP contribution is -2.38. The Morgan fingerprint density at radius 2 is 1.77 bits per heavy atom. The summed E-state index contributed by atoms with van der Waals surface area (Å²) in [5.41, 5.74) is 0. The normalized spacial score (nSPS) is 28.1. The predicted molar refractivity (Wildman–Crippen MR) is 47.2 cm³/mol. The highest BCUT2D eigenvalue weighted by atomic mass is 16.4. The van der Waals surface area contributed by atoms with Crippen molar-refractivity contribution in [1.82, 2.24) is 5.32 Å². The van der Waals surface area contributed by atoms with E-state index in [2.05, 4.69) is 5.32 Å². The van der Waals surface area contributed by atoms with Gasteiger partial charge in [0.25, 0.3) is 0 Å². The Labute approximate surface area is 77.3 Å². The number of amides is 1. The zero-order valence-corrected chi connectivity index (χ0v) is 7.75. The van der Waals surface area contributed by atoms with Gasteiger partial charge in [0.2, 0.25) is 5.91 Å². The van der Waals surface area contributed by atoms with Gasteiger partial charge in [0.1, 0.15) is 0 Å². The highest BCUT2D eigenvalue weighted by Crippen LogP contribution is 2.30. The van der Waals surface area contributed by atoms with E-state index in [0.29, 0.717) is 12.8 Å². The van der Waals surface area contributed by atoms with Crippen molar-refractivity contribution in [2.45, 2.75) is 25.7 Å². The summed E-state index contributed by atoms with van der Waals surface area (Å²) >= 11 is 0. The van der Waals surface area contributed by atoms with Crippen LogP contribution in [0.1, 0.15) is 25.7 Å². The molecule has 13 heavy (non-hydrogen) atoms. The quantitative estimate of drug-likeness (QED) is 0.662. The molecular formula is C9H15NO3. The molecule has 4 nitrogen and oxygen atoms in total.